The molecule has 1 aliphatic heterocycles. The van der Waals surface area contributed by atoms with E-state index in [2.05, 4.69) is 28.0 Å². The number of nitrogens with one attached hydrogen (secondary N) is 1. The number of para-hydroxylation sites is 1. The van der Waals surface area contributed by atoms with Crippen LogP contribution >= 0.6 is 0 Å². The van der Waals surface area contributed by atoms with E-state index in [0.29, 0.717) is 6.61 Å². The highest BCUT2D eigenvalue weighted by molar-refractivity contribution is 5.40. The molecule has 112 valence electrons. The van der Waals surface area contributed by atoms with Gasteiger partial charge in [-0.3, -0.25) is 11.3 Å². The molecule has 2 atom stereocenters. The Balaban J connectivity index is 1.79. The number of imidazole rings is 1. The molecular formula is C16H22N4O. The van der Waals surface area contributed by atoms with Crippen molar-refractivity contribution < 1.29 is 4.74 Å². The summed E-state index contributed by atoms with van der Waals surface area (Å²) in [7, 11) is 0. The van der Waals surface area contributed by atoms with E-state index < -0.39 is 0 Å². The van der Waals surface area contributed by atoms with Gasteiger partial charge in [-0.15, -0.1) is 0 Å². The molecule has 0 radical (unpaired) electrons. The first-order valence-corrected chi connectivity index (χ1v) is 7.51. The number of fused-ring (bicyclic) bond motifs is 1. The van der Waals surface area contributed by atoms with Crippen molar-refractivity contribution in [2.45, 2.75) is 38.3 Å². The minimum atomic E-state index is 0.117. The molecule has 0 amide bonds. The Hall–Kier alpha value is -1.85. The quantitative estimate of drug-likeness (QED) is 0.628. The number of hydrazine groups is 1. The molecule has 0 fully saturated rings. The van der Waals surface area contributed by atoms with Gasteiger partial charge in [0.2, 0.25) is 0 Å². The van der Waals surface area contributed by atoms with E-state index in [1.165, 1.54) is 5.56 Å². The molecule has 0 spiro atoms. The van der Waals surface area contributed by atoms with Gasteiger partial charge >= 0.3 is 0 Å². The molecule has 0 saturated carbocycles. The molecule has 21 heavy (non-hydrogen) atoms. The average molecular weight is 286 g/mol. The number of aryl methyl sites for hydroxylation is 1. The van der Waals surface area contributed by atoms with Crippen LogP contribution in [-0.2, 0) is 13.0 Å². The van der Waals surface area contributed by atoms with E-state index in [1.54, 1.807) is 0 Å². The smallest absolute Gasteiger partial charge is 0.122 e. The molecule has 1 aromatic carbocycles. The second kappa shape index (κ2) is 6.28. The first kappa shape index (κ1) is 14.1. The topological polar surface area (TPSA) is 65.1 Å². The Morgan fingerprint density at radius 2 is 2.33 bits per heavy atom. The minimum Gasteiger partial charge on any atom is -0.493 e. The highest BCUT2D eigenvalue weighted by Crippen LogP contribution is 2.36. The molecule has 0 bridgehead atoms. The van der Waals surface area contributed by atoms with Crippen LogP contribution in [0.15, 0.2) is 36.7 Å². The molecule has 5 nitrogen and oxygen atoms in total. The molecule has 2 heterocycles. The van der Waals surface area contributed by atoms with Gasteiger partial charge in [0, 0.05) is 42.9 Å². The van der Waals surface area contributed by atoms with Gasteiger partial charge in [-0.05, 0) is 12.5 Å². The number of hydrogen-bond acceptors (Lipinski definition) is 4. The van der Waals surface area contributed by atoms with Crippen LogP contribution in [0.4, 0.5) is 0 Å². The monoisotopic (exact) mass is 286 g/mol. The Kier molecular flexibility index (Phi) is 4.22. The lowest BCUT2D eigenvalue weighted by Gasteiger charge is -2.22. The van der Waals surface area contributed by atoms with Crippen LogP contribution in [0, 0.1) is 0 Å². The first-order valence-electron chi connectivity index (χ1n) is 7.51. The average Bonchev–Trinajstić information content (AvgIpc) is 3.12. The predicted molar refractivity (Wildman–Crippen MR) is 82.0 cm³/mol. The van der Waals surface area contributed by atoms with Gasteiger partial charge in [0.1, 0.15) is 11.6 Å². The third kappa shape index (κ3) is 2.80. The third-order valence-electron chi connectivity index (χ3n) is 4.11. The summed E-state index contributed by atoms with van der Waals surface area (Å²) in [4.78, 5) is 4.48. The summed E-state index contributed by atoms with van der Waals surface area (Å²) in [6.07, 6.45) is 5.79. The molecule has 1 aliphatic rings. The van der Waals surface area contributed by atoms with Crippen LogP contribution in [0.25, 0.3) is 0 Å². The molecule has 1 aromatic heterocycles. The van der Waals surface area contributed by atoms with Gasteiger partial charge in [-0.2, -0.15) is 0 Å². The standard InChI is InChI=1S/C16H22N4O/c1-2-8-20-9-7-18-16(20)10-14(19-17)13-11-21-15-6-4-3-5-12(13)15/h3-7,9,13-14,19H,2,8,10-11,17H2,1H3. The lowest BCUT2D eigenvalue weighted by molar-refractivity contribution is 0.295. The third-order valence-corrected chi connectivity index (χ3v) is 4.11. The van der Waals surface area contributed by atoms with E-state index in [1.807, 2.05) is 30.6 Å². The van der Waals surface area contributed by atoms with Gasteiger partial charge in [0.25, 0.3) is 0 Å². The van der Waals surface area contributed by atoms with Crippen molar-refractivity contribution in [1.29, 1.82) is 0 Å². The number of nitrogens with two attached hydrogens (primary N) is 1. The van der Waals surface area contributed by atoms with E-state index >= 15 is 0 Å². The molecule has 3 N–H and O–H groups in total. The maximum atomic E-state index is 5.81. The Labute approximate surface area is 125 Å². The van der Waals surface area contributed by atoms with Gasteiger partial charge in [0.15, 0.2) is 0 Å². The Bertz CT molecular complexity index is 595. The fourth-order valence-corrected chi connectivity index (χ4v) is 3.01. The minimum absolute atomic E-state index is 0.117. The van der Waals surface area contributed by atoms with Crippen LogP contribution in [-0.4, -0.2) is 22.2 Å². The first-order chi connectivity index (χ1) is 10.3. The molecule has 2 aromatic rings. The van der Waals surface area contributed by atoms with Crippen molar-refractivity contribution in [3.05, 3.63) is 48.0 Å². The second-order valence-electron chi connectivity index (χ2n) is 5.47. The Morgan fingerprint density at radius 3 is 3.14 bits per heavy atom. The van der Waals surface area contributed by atoms with Crippen LogP contribution in [0.5, 0.6) is 5.75 Å². The summed E-state index contributed by atoms with van der Waals surface area (Å²) in [6, 6.07) is 8.30. The lowest BCUT2D eigenvalue weighted by atomic mass is 9.91. The largest absolute Gasteiger partial charge is 0.493 e. The van der Waals surface area contributed by atoms with Crippen LogP contribution in [0.1, 0.15) is 30.7 Å². The molecule has 5 heteroatoms. The van der Waals surface area contributed by atoms with E-state index in [9.17, 15) is 0 Å². The molecule has 0 aliphatic carbocycles. The maximum Gasteiger partial charge on any atom is 0.122 e. The SMILES string of the molecule is CCCn1ccnc1CC(NN)C1COc2ccccc21. The van der Waals surface area contributed by atoms with Gasteiger partial charge in [-0.1, -0.05) is 25.1 Å². The summed E-state index contributed by atoms with van der Waals surface area (Å²) in [5.41, 5.74) is 4.19. The fraction of sp³-hybridized carbons (Fsp3) is 0.438. The zero-order valence-corrected chi connectivity index (χ0v) is 12.3. The van der Waals surface area contributed by atoms with Crippen molar-refractivity contribution >= 4 is 0 Å². The summed E-state index contributed by atoms with van der Waals surface area (Å²) in [6.45, 7) is 3.83. The van der Waals surface area contributed by atoms with E-state index in [0.717, 1.165) is 31.0 Å². The van der Waals surface area contributed by atoms with E-state index in [4.69, 9.17) is 10.6 Å². The maximum absolute atomic E-state index is 5.81. The normalized spacial score (nSPS) is 18.3. The molecule has 0 saturated heterocycles. The van der Waals surface area contributed by atoms with Crippen molar-refractivity contribution in [2.24, 2.45) is 5.84 Å². The molecular weight excluding hydrogens is 264 g/mol. The fourth-order valence-electron chi connectivity index (χ4n) is 3.01. The lowest BCUT2D eigenvalue weighted by Crippen LogP contribution is -2.42. The highest BCUT2D eigenvalue weighted by atomic mass is 16.5. The number of ether oxygens (including phenoxy) is 1. The van der Waals surface area contributed by atoms with Crippen LogP contribution in [0.2, 0.25) is 0 Å². The molecule has 3 rings (SSSR count). The van der Waals surface area contributed by atoms with E-state index in [-0.39, 0.29) is 12.0 Å². The number of rotatable bonds is 6. The number of hydrogen-bond donors (Lipinski definition) is 2. The predicted octanol–water partition coefficient (Wildman–Crippen LogP) is 1.84. The number of aromatic nitrogens is 2. The van der Waals surface area contributed by atoms with Gasteiger partial charge in [-0.25, -0.2) is 4.98 Å². The second-order valence-corrected chi connectivity index (χ2v) is 5.47. The van der Waals surface area contributed by atoms with Crippen molar-refractivity contribution in [2.75, 3.05) is 6.61 Å². The zero-order valence-electron chi connectivity index (χ0n) is 12.3. The summed E-state index contributed by atoms with van der Waals surface area (Å²) >= 11 is 0. The summed E-state index contributed by atoms with van der Waals surface area (Å²) in [5, 5.41) is 0. The number of benzene rings is 1. The Morgan fingerprint density at radius 1 is 1.48 bits per heavy atom. The van der Waals surface area contributed by atoms with Crippen LogP contribution in [0.3, 0.4) is 0 Å². The highest BCUT2D eigenvalue weighted by Gasteiger charge is 2.31. The van der Waals surface area contributed by atoms with Crippen molar-refractivity contribution in [1.82, 2.24) is 15.0 Å². The zero-order chi connectivity index (χ0) is 14.7. The van der Waals surface area contributed by atoms with Crippen molar-refractivity contribution in [3.63, 3.8) is 0 Å². The number of nitrogens with zero attached hydrogens (tertiary/aromatic N) is 2. The van der Waals surface area contributed by atoms with Crippen LogP contribution < -0.4 is 16.0 Å². The van der Waals surface area contributed by atoms with Crippen molar-refractivity contribution in [3.8, 4) is 5.75 Å². The van der Waals surface area contributed by atoms with Gasteiger partial charge < -0.3 is 9.30 Å². The van der Waals surface area contributed by atoms with Gasteiger partial charge in [0.05, 0.1) is 6.61 Å². The molecule has 2 unspecified atom stereocenters. The summed E-state index contributed by atoms with van der Waals surface area (Å²) < 4.78 is 7.97. The summed E-state index contributed by atoms with van der Waals surface area (Å²) in [5.74, 6) is 8.11.